The first-order valence-corrected chi connectivity index (χ1v) is 6.32. The molecule has 0 saturated carbocycles. The third kappa shape index (κ3) is 2.91. The predicted octanol–water partition coefficient (Wildman–Crippen LogP) is 3.17. The van der Waals surface area contributed by atoms with Gasteiger partial charge in [0.05, 0.1) is 11.8 Å². The lowest BCUT2D eigenvalue weighted by Crippen LogP contribution is -1.94. The number of rotatable bonds is 4. The van der Waals surface area contributed by atoms with Crippen LogP contribution in [0.1, 0.15) is 27.0 Å². The van der Waals surface area contributed by atoms with Crippen LogP contribution in [-0.4, -0.2) is 15.6 Å². The maximum absolute atomic E-state index is 11.8. The molecule has 17 heavy (non-hydrogen) atoms. The van der Waals surface area contributed by atoms with Crippen molar-refractivity contribution >= 4 is 23.2 Å². The molecule has 88 valence electrons. The zero-order chi connectivity index (χ0) is 12.3. The molecule has 0 aliphatic heterocycles. The molecule has 2 heterocycles. The minimum Gasteiger partial charge on any atom is -0.289 e. The van der Waals surface area contributed by atoms with Crippen molar-refractivity contribution in [2.45, 2.75) is 20.4 Å². The second kappa shape index (κ2) is 5.10. The standard InChI is InChI=1S/C13H14N2OS/c1-3-15-9-11(8-14-15)13(16)7-6-12-5-4-10(2)17-12/h4-9H,3H2,1-2H3. The summed E-state index contributed by atoms with van der Waals surface area (Å²) in [7, 11) is 0. The number of hydrogen-bond donors (Lipinski definition) is 0. The third-order valence-corrected chi connectivity index (χ3v) is 3.37. The molecule has 4 heteroatoms. The number of carbonyl (C=O) groups excluding carboxylic acids is 1. The molecule has 3 nitrogen and oxygen atoms in total. The third-order valence-electron chi connectivity index (χ3n) is 2.40. The number of ketones is 1. The van der Waals surface area contributed by atoms with E-state index >= 15 is 0 Å². The fourth-order valence-corrected chi connectivity index (χ4v) is 2.24. The van der Waals surface area contributed by atoms with Gasteiger partial charge in [-0.3, -0.25) is 9.48 Å². The predicted molar refractivity (Wildman–Crippen MR) is 70.3 cm³/mol. The lowest BCUT2D eigenvalue weighted by molar-refractivity contribution is 0.104. The van der Waals surface area contributed by atoms with Crippen molar-refractivity contribution in [1.29, 1.82) is 0 Å². The maximum Gasteiger partial charge on any atom is 0.189 e. The molecule has 0 N–H and O–H groups in total. The zero-order valence-electron chi connectivity index (χ0n) is 9.88. The smallest absolute Gasteiger partial charge is 0.189 e. The summed E-state index contributed by atoms with van der Waals surface area (Å²) >= 11 is 1.67. The van der Waals surface area contributed by atoms with Crippen molar-refractivity contribution in [1.82, 2.24) is 9.78 Å². The highest BCUT2D eigenvalue weighted by atomic mass is 32.1. The molecule has 0 spiro atoms. The van der Waals surface area contributed by atoms with E-state index < -0.39 is 0 Å². The number of allylic oxidation sites excluding steroid dienone is 1. The van der Waals surface area contributed by atoms with E-state index in [1.165, 1.54) is 4.88 Å². The van der Waals surface area contributed by atoms with Gasteiger partial charge in [0.25, 0.3) is 0 Å². The Morgan fingerprint density at radius 1 is 1.53 bits per heavy atom. The molecular weight excluding hydrogens is 232 g/mol. The summed E-state index contributed by atoms with van der Waals surface area (Å²) in [5, 5.41) is 4.08. The second-order valence-electron chi connectivity index (χ2n) is 3.73. The van der Waals surface area contributed by atoms with Crippen LogP contribution < -0.4 is 0 Å². The van der Waals surface area contributed by atoms with E-state index in [0.717, 1.165) is 11.4 Å². The minimum absolute atomic E-state index is 0.00393. The average Bonchev–Trinajstić information content (AvgIpc) is 2.94. The van der Waals surface area contributed by atoms with Gasteiger partial charge in [-0.2, -0.15) is 5.10 Å². The summed E-state index contributed by atoms with van der Waals surface area (Å²) in [6.07, 6.45) is 6.83. The highest BCUT2D eigenvalue weighted by molar-refractivity contribution is 7.12. The summed E-state index contributed by atoms with van der Waals surface area (Å²) < 4.78 is 1.75. The Balaban J connectivity index is 2.08. The van der Waals surface area contributed by atoms with Gasteiger partial charge in [0.15, 0.2) is 5.78 Å². The van der Waals surface area contributed by atoms with E-state index in [0.29, 0.717) is 5.56 Å². The molecule has 0 fully saturated rings. The summed E-state index contributed by atoms with van der Waals surface area (Å²) in [6.45, 7) is 4.82. The van der Waals surface area contributed by atoms with Crippen LogP contribution in [0.15, 0.2) is 30.6 Å². The quantitative estimate of drug-likeness (QED) is 0.613. The fraction of sp³-hybridized carbons (Fsp3) is 0.231. The summed E-state index contributed by atoms with van der Waals surface area (Å²) in [6, 6.07) is 4.06. The Labute approximate surface area is 104 Å². The molecular formula is C13H14N2OS. The Bertz CT molecular complexity index is 551. The Hall–Kier alpha value is -1.68. The van der Waals surface area contributed by atoms with Crippen molar-refractivity contribution in [3.8, 4) is 0 Å². The van der Waals surface area contributed by atoms with Crippen molar-refractivity contribution in [2.75, 3.05) is 0 Å². The SMILES string of the molecule is CCn1cc(C(=O)C=Cc2ccc(C)s2)cn1. The molecule has 0 unspecified atom stereocenters. The molecule has 0 amide bonds. The number of aryl methyl sites for hydroxylation is 2. The van der Waals surface area contributed by atoms with Crippen LogP contribution in [0.5, 0.6) is 0 Å². The van der Waals surface area contributed by atoms with E-state index in [-0.39, 0.29) is 5.78 Å². The number of hydrogen-bond acceptors (Lipinski definition) is 3. The van der Waals surface area contributed by atoms with Crippen LogP contribution in [0.2, 0.25) is 0 Å². The first-order chi connectivity index (χ1) is 8.19. The van der Waals surface area contributed by atoms with Crippen molar-refractivity contribution in [3.63, 3.8) is 0 Å². The molecule has 0 saturated heterocycles. The first kappa shape index (κ1) is 11.8. The number of nitrogens with zero attached hydrogens (tertiary/aromatic N) is 2. The van der Waals surface area contributed by atoms with Gasteiger partial charge in [0, 0.05) is 22.5 Å². The zero-order valence-corrected chi connectivity index (χ0v) is 10.7. The molecule has 0 aromatic carbocycles. The van der Waals surface area contributed by atoms with Gasteiger partial charge in [-0.05, 0) is 38.1 Å². The summed E-state index contributed by atoms with van der Waals surface area (Å²) in [5.41, 5.74) is 0.636. The van der Waals surface area contributed by atoms with Crippen LogP contribution >= 0.6 is 11.3 Å². The van der Waals surface area contributed by atoms with Gasteiger partial charge in [-0.1, -0.05) is 0 Å². The molecule has 0 bridgehead atoms. The Morgan fingerprint density at radius 2 is 2.35 bits per heavy atom. The Morgan fingerprint density at radius 3 is 2.94 bits per heavy atom. The van der Waals surface area contributed by atoms with Crippen LogP contribution in [0.25, 0.3) is 6.08 Å². The van der Waals surface area contributed by atoms with Gasteiger partial charge < -0.3 is 0 Å². The fourth-order valence-electron chi connectivity index (χ4n) is 1.46. The lowest BCUT2D eigenvalue weighted by Gasteiger charge is -1.90. The molecule has 2 aromatic rings. The molecule has 0 radical (unpaired) electrons. The minimum atomic E-state index is -0.00393. The first-order valence-electron chi connectivity index (χ1n) is 5.50. The van der Waals surface area contributed by atoms with Crippen molar-refractivity contribution < 1.29 is 4.79 Å². The molecule has 0 atom stereocenters. The average molecular weight is 246 g/mol. The van der Waals surface area contributed by atoms with Gasteiger partial charge in [-0.25, -0.2) is 0 Å². The summed E-state index contributed by atoms with van der Waals surface area (Å²) in [4.78, 5) is 14.2. The van der Waals surface area contributed by atoms with Crippen molar-refractivity contribution in [2.24, 2.45) is 0 Å². The van der Waals surface area contributed by atoms with Gasteiger partial charge >= 0.3 is 0 Å². The summed E-state index contributed by atoms with van der Waals surface area (Å²) in [5.74, 6) is -0.00393. The van der Waals surface area contributed by atoms with E-state index in [2.05, 4.69) is 12.0 Å². The second-order valence-corrected chi connectivity index (χ2v) is 5.05. The van der Waals surface area contributed by atoms with Gasteiger partial charge in [0.2, 0.25) is 0 Å². The monoisotopic (exact) mass is 246 g/mol. The van der Waals surface area contributed by atoms with E-state index in [9.17, 15) is 4.79 Å². The normalized spacial score (nSPS) is 11.2. The number of carbonyl (C=O) groups is 1. The highest BCUT2D eigenvalue weighted by Gasteiger charge is 2.04. The van der Waals surface area contributed by atoms with E-state index in [1.54, 1.807) is 34.5 Å². The topological polar surface area (TPSA) is 34.9 Å². The molecule has 2 aromatic heterocycles. The molecule has 0 aliphatic carbocycles. The van der Waals surface area contributed by atoms with Crippen LogP contribution in [0.4, 0.5) is 0 Å². The molecule has 2 rings (SSSR count). The number of thiophene rings is 1. The molecule has 0 aliphatic rings. The van der Waals surface area contributed by atoms with Crippen LogP contribution in [-0.2, 0) is 6.54 Å². The highest BCUT2D eigenvalue weighted by Crippen LogP contribution is 2.16. The Kier molecular flexibility index (Phi) is 3.54. The van der Waals surface area contributed by atoms with Crippen LogP contribution in [0.3, 0.4) is 0 Å². The van der Waals surface area contributed by atoms with E-state index in [1.807, 2.05) is 25.1 Å². The number of aromatic nitrogens is 2. The maximum atomic E-state index is 11.8. The van der Waals surface area contributed by atoms with Gasteiger partial charge in [-0.15, -0.1) is 11.3 Å². The van der Waals surface area contributed by atoms with Gasteiger partial charge in [0.1, 0.15) is 0 Å². The van der Waals surface area contributed by atoms with E-state index in [4.69, 9.17) is 0 Å². The largest absolute Gasteiger partial charge is 0.289 e. The lowest BCUT2D eigenvalue weighted by atomic mass is 10.2. The van der Waals surface area contributed by atoms with Crippen LogP contribution in [0, 0.1) is 6.92 Å². The van der Waals surface area contributed by atoms with Crippen molar-refractivity contribution in [3.05, 3.63) is 45.9 Å².